The number of amides is 1. The Bertz CT molecular complexity index is 473. The molecule has 0 heterocycles. The molecular weight excluding hydrogens is 275 g/mol. The average molecular weight is 289 g/mol. The molecule has 2 atom stereocenters. The molecule has 1 aromatic rings. The van der Waals surface area contributed by atoms with Gasteiger partial charge >= 0.3 is 12.1 Å². The van der Waals surface area contributed by atoms with E-state index in [4.69, 9.17) is 5.11 Å². The van der Waals surface area contributed by atoms with Crippen LogP contribution in [-0.2, 0) is 9.59 Å². The van der Waals surface area contributed by atoms with Gasteiger partial charge in [-0.05, 0) is 12.5 Å². The minimum atomic E-state index is -4.58. The Morgan fingerprint density at radius 1 is 1.25 bits per heavy atom. The highest BCUT2D eigenvalue weighted by Crippen LogP contribution is 2.37. The van der Waals surface area contributed by atoms with Crippen LogP contribution in [0.4, 0.5) is 13.2 Å². The second kappa shape index (κ2) is 6.40. The zero-order valence-electron chi connectivity index (χ0n) is 10.6. The fourth-order valence-electron chi connectivity index (χ4n) is 1.66. The second-order valence-corrected chi connectivity index (χ2v) is 4.34. The van der Waals surface area contributed by atoms with Gasteiger partial charge in [0.25, 0.3) is 0 Å². The summed E-state index contributed by atoms with van der Waals surface area (Å²) in [5, 5.41) is 10.6. The van der Waals surface area contributed by atoms with Crippen molar-refractivity contribution in [2.75, 3.05) is 0 Å². The van der Waals surface area contributed by atoms with E-state index in [1.165, 1.54) is 31.2 Å². The van der Waals surface area contributed by atoms with E-state index in [-0.39, 0.29) is 5.56 Å². The van der Waals surface area contributed by atoms with Gasteiger partial charge in [0.05, 0.1) is 5.92 Å². The van der Waals surface area contributed by atoms with Crippen LogP contribution in [0.25, 0.3) is 0 Å². The Labute approximate surface area is 113 Å². The van der Waals surface area contributed by atoms with Crippen LogP contribution < -0.4 is 5.32 Å². The van der Waals surface area contributed by atoms with Gasteiger partial charge < -0.3 is 10.4 Å². The van der Waals surface area contributed by atoms with Gasteiger partial charge in [0.1, 0.15) is 6.04 Å². The standard InChI is InChI=1S/C13H14F3NO3/c1-8(12(19)20)17-11(18)7-10(13(14,15)16)9-5-3-2-4-6-9/h2-6,8,10H,7H2,1H3,(H,17,18)(H,19,20)/t8-,10?/m0/s1. The maximum Gasteiger partial charge on any atom is 0.396 e. The van der Waals surface area contributed by atoms with Gasteiger partial charge in [-0.1, -0.05) is 30.3 Å². The summed E-state index contributed by atoms with van der Waals surface area (Å²) in [6.07, 6.45) is -5.42. The number of hydrogen-bond donors (Lipinski definition) is 2. The van der Waals surface area contributed by atoms with Crippen molar-refractivity contribution in [1.29, 1.82) is 0 Å². The Kier molecular flexibility index (Phi) is 5.12. The van der Waals surface area contributed by atoms with E-state index in [0.29, 0.717) is 0 Å². The maximum atomic E-state index is 13.0. The topological polar surface area (TPSA) is 66.4 Å². The zero-order valence-corrected chi connectivity index (χ0v) is 10.6. The maximum absolute atomic E-state index is 13.0. The van der Waals surface area contributed by atoms with Crippen molar-refractivity contribution >= 4 is 11.9 Å². The normalized spacial score (nSPS) is 14.4. The van der Waals surface area contributed by atoms with Gasteiger partial charge in [-0.15, -0.1) is 0 Å². The van der Waals surface area contributed by atoms with E-state index >= 15 is 0 Å². The van der Waals surface area contributed by atoms with Crippen LogP contribution >= 0.6 is 0 Å². The second-order valence-electron chi connectivity index (χ2n) is 4.34. The van der Waals surface area contributed by atoms with Crippen LogP contribution in [0, 0.1) is 0 Å². The van der Waals surface area contributed by atoms with E-state index in [1.54, 1.807) is 6.07 Å². The Balaban J connectivity index is 2.82. The number of aliphatic carboxylic acids is 1. The molecule has 1 rings (SSSR count). The molecule has 0 saturated heterocycles. The van der Waals surface area contributed by atoms with Crippen LogP contribution in [0.15, 0.2) is 30.3 Å². The van der Waals surface area contributed by atoms with Gasteiger partial charge in [0.15, 0.2) is 0 Å². The number of carbonyl (C=O) groups excluding carboxylic acids is 1. The van der Waals surface area contributed by atoms with Crippen molar-refractivity contribution in [3.8, 4) is 0 Å². The van der Waals surface area contributed by atoms with E-state index in [9.17, 15) is 22.8 Å². The smallest absolute Gasteiger partial charge is 0.396 e. The third-order valence-corrected chi connectivity index (χ3v) is 2.73. The summed E-state index contributed by atoms with van der Waals surface area (Å²) >= 11 is 0. The van der Waals surface area contributed by atoms with Gasteiger partial charge in [-0.25, -0.2) is 0 Å². The first-order valence-corrected chi connectivity index (χ1v) is 5.85. The lowest BCUT2D eigenvalue weighted by Crippen LogP contribution is -2.40. The Hall–Kier alpha value is -2.05. The number of halogens is 3. The third-order valence-electron chi connectivity index (χ3n) is 2.73. The van der Waals surface area contributed by atoms with Crippen LogP contribution in [0.5, 0.6) is 0 Å². The molecular formula is C13H14F3NO3. The number of alkyl halides is 3. The van der Waals surface area contributed by atoms with Gasteiger partial charge in [0.2, 0.25) is 5.91 Å². The number of nitrogens with one attached hydrogen (secondary N) is 1. The van der Waals surface area contributed by atoms with Gasteiger partial charge in [-0.3, -0.25) is 9.59 Å². The molecule has 0 aliphatic rings. The largest absolute Gasteiger partial charge is 0.480 e. The molecule has 0 fully saturated rings. The summed E-state index contributed by atoms with van der Waals surface area (Å²) in [7, 11) is 0. The summed E-state index contributed by atoms with van der Waals surface area (Å²) in [6.45, 7) is 1.19. The molecule has 0 aliphatic carbocycles. The van der Waals surface area contributed by atoms with Crippen LogP contribution in [0.2, 0.25) is 0 Å². The fourth-order valence-corrected chi connectivity index (χ4v) is 1.66. The number of hydrogen-bond acceptors (Lipinski definition) is 2. The Morgan fingerprint density at radius 3 is 2.25 bits per heavy atom. The van der Waals surface area contributed by atoms with E-state index in [2.05, 4.69) is 0 Å². The van der Waals surface area contributed by atoms with Crippen molar-refractivity contribution < 1.29 is 27.9 Å². The number of benzene rings is 1. The van der Waals surface area contributed by atoms with Gasteiger partial charge in [-0.2, -0.15) is 13.2 Å². The molecule has 20 heavy (non-hydrogen) atoms. The molecule has 1 amide bonds. The van der Waals surface area contributed by atoms with Crippen LogP contribution in [0.1, 0.15) is 24.8 Å². The van der Waals surface area contributed by atoms with Crippen LogP contribution in [0.3, 0.4) is 0 Å². The highest BCUT2D eigenvalue weighted by atomic mass is 19.4. The fraction of sp³-hybridized carbons (Fsp3) is 0.385. The molecule has 0 spiro atoms. The lowest BCUT2D eigenvalue weighted by atomic mass is 9.94. The molecule has 1 aromatic carbocycles. The monoisotopic (exact) mass is 289 g/mol. The van der Waals surface area contributed by atoms with Gasteiger partial charge in [0, 0.05) is 6.42 Å². The number of carboxylic acid groups (broad SMARTS) is 1. The minimum Gasteiger partial charge on any atom is -0.480 e. The van der Waals surface area contributed by atoms with Crippen molar-refractivity contribution in [3.63, 3.8) is 0 Å². The molecule has 0 radical (unpaired) electrons. The predicted octanol–water partition coefficient (Wildman–Crippen LogP) is 2.31. The number of carboxylic acids is 1. The molecule has 7 heteroatoms. The van der Waals surface area contributed by atoms with Crippen molar-refractivity contribution in [2.45, 2.75) is 31.5 Å². The summed E-state index contributed by atoms with van der Waals surface area (Å²) in [6, 6.07) is 5.81. The van der Waals surface area contributed by atoms with E-state index in [1.807, 2.05) is 5.32 Å². The lowest BCUT2D eigenvalue weighted by Gasteiger charge is -2.21. The molecule has 0 saturated carbocycles. The van der Waals surface area contributed by atoms with Crippen molar-refractivity contribution in [1.82, 2.24) is 5.32 Å². The summed E-state index contributed by atoms with van der Waals surface area (Å²) < 4.78 is 38.9. The summed E-state index contributed by atoms with van der Waals surface area (Å²) in [5.41, 5.74) is -0.0295. The quantitative estimate of drug-likeness (QED) is 0.874. The number of rotatable bonds is 5. The first kappa shape index (κ1) is 16.0. The first-order valence-electron chi connectivity index (χ1n) is 5.85. The SMILES string of the molecule is C[C@H](NC(=O)CC(c1ccccc1)C(F)(F)F)C(=O)O. The zero-order chi connectivity index (χ0) is 15.3. The highest BCUT2D eigenvalue weighted by Gasteiger charge is 2.42. The Morgan fingerprint density at radius 2 is 1.80 bits per heavy atom. The molecule has 4 nitrogen and oxygen atoms in total. The molecule has 0 aromatic heterocycles. The summed E-state index contributed by atoms with van der Waals surface area (Å²) in [5.74, 6) is -4.21. The predicted molar refractivity (Wildman–Crippen MR) is 65.1 cm³/mol. The molecule has 2 N–H and O–H groups in total. The minimum absolute atomic E-state index is 0.0295. The average Bonchev–Trinajstić information content (AvgIpc) is 2.35. The van der Waals surface area contributed by atoms with Crippen molar-refractivity contribution in [3.05, 3.63) is 35.9 Å². The first-order chi connectivity index (χ1) is 9.21. The van der Waals surface area contributed by atoms with E-state index < -0.39 is 36.4 Å². The molecule has 0 bridgehead atoms. The van der Waals surface area contributed by atoms with E-state index in [0.717, 1.165) is 0 Å². The van der Waals surface area contributed by atoms with Crippen molar-refractivity contribution in [2.24, 2.45) is 0 Å². The highest BCUT2D eigenvalue weighted by molar-refractivity contribution is 5.83. The molecule has 110 valence electrons. The number of carbonyl (C=O) groups is 2. The lowest BCUT2D eigenvalue weighted by molar-refractivity contribution is -0.157. The molecule has 1 unspecified atom stereocenters. The molecule has 0 aliphatic heterocycles. The third kappa shape index (κ3) is 4.56. The van der Waals surface area contributed by atoms with Crippen LogP contribution in [-0.4, -0.2) is 29.2 Å². The summed E-state index contributed by atoms with van der Waals surface area (Å²) in [4.78, 5) is 22.1.